The van der Waals surface area contributed by atoms with Crippen molar-refractivity contribution in [3.05, 3.63) is 47.5 Å². The van der Waals surface area contributed by atoms with E-state index in [1.165, 1.54) is 12.0 Å². The molecule has 1 nitrogen and oxygen atoms in total. The summed E-state index contributed by atoms with van der Waals surface area (Å²) in [5.41, 5.74) is 2.50. The maximum Gasteiger partial charge on any atom is 0.165 e. The number of carbonyl (C=O) groups excluding carboxylic acids is 1. The van der Waals surface area contributed by atoms with Crippen molar-refractivity contribution in [1.29, 1.82) is 0 Å². The lowest BCUT2D eigenvalue weighted by atomic mass is 9.70. The summed E-state index contributed by atoms with van der Waals surface area (Å²) in [6, 6.07) is 10.5. The molecule has 2 aliphatic rings. The quantitative estimate of drug-likeness (QED) is 0.734. The van der Waals surface area contributed by atoms with Crippen molar-refractivity contribution in [3.8, 4) is 0 Å². The third-order valence-electron chi connectivity index (χ3n) is 6.01. The smallest absolute Gasteiger partial charge is 0.165 e. The molecular weight excluding hydrogens is 244 g/mol. The van der Waals surface area contributed by atoms with Crippen molar-refractivity contribution in [2.24, 2.45) is 16.7 Å². The van der Waals surface area contributed by atoms with E-state index in [2.05, 4.69) is 51.1 Å². The minimum atomic E-state index is -0.115. The van der Waals surface area contributed by atoms with Crippen LogP contribution < -0.4 is 0 Å². The van der Waals surface area contributed by atoms with Gasteiger partial charge in [0.15, 0.2) is 5.78 Å². The van der Waals surface area contributed by atoms with Crippen molar-refractivity contribution >= 4 is 5.78 Å². The van der Waals surface area contributed by atoms with Crippen LogP contribution in [0.1, 0.15) is 45.6 Å². The zero-order chi connectivity index (χ0) is 14.4. The van der Waals surface area contributed by atoms with Crippen LogP contribution in [-0.2, 0) is 11.2 Å². The minimum absolute atomic E-state index is 0.115. The zero-order valence-electron chi connectivity index (χ0n) is 12.8. The van der Waals surface area contributed by atoms with Crippen LogP contribution >= 0.6 is 0 Å². The van der Waals surface area contributed by atoms with Crippen molar-refractivity contribution in [2.45, 2.75) is 46.5 Å². The zero-order valence-corrected chi connectivity index (χ0v) is 12.8. The van der Waals surface area contributed by atoms with Gasteiger partial charge in [0.2, 0.25) is 0 Å². The van der Waals surface area contributed by atoms with Crippen LogP contribution in [0.5, 0.6) is 0 Å². The van der Waals surface area contributed by atoms with E-state index in [9.17, 15) is 4.79 Å². The Morgan fingerprint density at radius 1 is 1.20 bits per heavy atom. The molecule has 0 aliphatic heterocycles. The number of aryl methyl sites for hydroxylation is 1. The molecule has 0 N–H and O–H groups in total. The van der Waals surface area contributed by atoms with Gasteiger partial charge in [0.05, 0.1) is 0 Å². The first-order valence-corrected chi connectivity index (χ1v) is 7.75. The molecule has 0 aromatic heterocycles. The Morgan fingerprint density at radius 3 is 2.50 bits per heavy atom. The van der Waals surface area contributed by atoms with Crippen molar-refractivity contribution in [1.82, 2.24) is 0 Å². The van der Waals surface area contributed by atoms with E-state index in [-0.39, 0.29) is 10.8 Å². The number of allylic oxidation sites excluding steroid dienone is 2. The Balaban J connectivity index is 1.76. The van der Waals surface area contributed by atoms with Gasteiger partial charge in [-0.15, -0.1) is 0 Å². The molecule has 0 spiro atoms. The molecule has 1 aromatic carbocycles. The van der Waals surface area contributed by atoms with E-state index in [0.717, 1.165) is 24.8 Å². The highest BCUT2D eigenvalue weighted by Crippen LogP contribution is 2.65. The van der Waals surface area contributed by atoms with Crippen LogP contribution in [0.25, 0.3) is 0 Å². The molecule has 2 saturated carbocycles. The van der Waals surface area contributed by atoms with Gasteiger partial charge in [-0.3, -0.25) is 4.79 Å². The highest BCUT2D eigenvalue weighted by atomic mass is 16.1. The first-order chi connectivity index (χ1) is 9.47. The van der Waals surface area contributed by atoms with E-state index in [4.69, 9.17) is 0 Å². The van der Waals surface area contributed by atoms with Gasteiger partial charge in [-0.2, -0.15) is 0 Å². The second kappa shape index (κ2) is 4.58. The van der Waals surface area contributed by atoms with Crippen LogP contribution in [0.4, 0.5) is 0 Å². The molecule has 106 valence electrons. The monoisotopic (exact) mass is 268 g/mol. The van der Waals surface area contributed by atoms with E-state index in [1.54, 1.807) is 0 Å². The topological polar surface area (TPSA) is 17.1 Å². The molecule has 0 amide bonds. The Kier molecular flexibility index (Phi) is 3.12. The molecule has 3 rings (SSSR count). The maximum absolute atomic E-state index is 12.7. The van der Waals surface area contributed by atoms with Crippen LogP contribution in [0, 0.1) is 16.7 Å². The van der Waals surface area contributed by atoms with Gasteiger partial charge in [-0.1, -0.05) is 57.2 Å². The summed E-state index contributed by atoms with van der Waals surface area (Å²) in [6.45, 7) is 6.73. The standard InChI is InChI=1S/C19H24O/c1-18(2)16-12-13-19(18,3)17(20)15(16)11-7-10-14-8-5-4-6-9-14/h4-6,8-9,11,16H,7,10,12-13H2,1-3H3/t16-,19-/m1/s1. The first-order valence-electron chi connectivity index (χ1n) is 7.75. The molecular formula is C19H24O. The highest BCUT2D eigenvalue weighted by molar-refractivity contribution is 6.04. The highest BCUT2D eigenvalue weighted by Gasteiger charge is 2.63. The number of hydrogen-bond donors (Lipinski definition) is 0. The van der Waals surface area contributed by atoms with Crippen molar-refractivity contribution < 1.29 is 4.79 Å². The van der Waals surface area contributed by atoms with Crippen molar-refractivity contribution in [2.75, 3.05) is 0 Å². The second-order valence-corrected chi connectivity index (χ2v) is 7.16. The van der Waals surface area contributed by atoms with E-state index >= 15 is 0 Å². The van der Waals surface area contributed by atoms with Crippen LogP contribution in [-0.4, -0.2) is 5.78 Å². The Bertz CT molecular complexity index is 552. The fraction of sp³-hybridized carbons (Fsp3) is 0.526. The fourth-order valence-electron chi connectivity index (χ4n) is 4.20. The van der Waals surface area contributed by atoms with Crippen LogP contribution in [0.2, 0.25) is 0 Å². The molecule has 2 aliphatic carbocycles. The lowest BCUT2D eigenvalue weighted by Gasteiger charge is -2.31. The molecule has 0 unspecified atom stereocenters. The summed E-state index contributed by atoms with van der Waals surface area (Å²) in [6.07, 6.45) is 6.49. The summed E-state index contributed by atoms with van der Waals surface area (Å²) in [5.74, 6) is 0.905. The predicted octanol–water partition coefficient (Wildman–Crippen LogP) is 4.57. The lowest BCUT2D eigenvalue weighted by Crippen LogP contribution is -2.32. The number of fused-ring (bicyclic) bond motifs is 2. The molecule has 2 atom stereocenters. The third kappa shape index (κ3) is 1.79. The van der Waals surface area contributed by atoms with Gasteiger partial charge in [0.25, 0.3) is 0 Å². The normalized spacial score (nSPS) is 33.0. The second-order valence-electron chi connectivity index (χ2n) is 7.16. The van der Waals surface area contributed by atoms with E-state index in [1.807, 2.05) is 6.07 Å². The summed E-state index contributed by atoms with van der Waals surface area (Å²) in [4.78, 5) is 12.7. The minimum Gasteiger partial charge on any atom is -0.294 e. The lowest BCUT2D eigenvalue weighted by molar-refractivity contribution is -0.125. The maximum atomic E-state index is 12.7. The largest absolute Gasteiger partial charge is 0.294 e. The summed E-state index contributed by atoms with van der Waals surface area (Å²) >= 11 is 0. The van der Waals surface area contributed by atoms with Gasteiger partial charge in [0, 0.05) is 5.41 Å². The van der Waals surface area contributed by atoms with E-state index in [0.29, 0.717) is 11.7 Å². The summed E-state index contributed by atoms with van der Waals surface area (Å²) in [7, 11) is 0. The number of benzene rings is 1. The molecule has 1 aromatic rings. The summed E-state index contributed by atoms with van der Waals surface area (Å²) < 4.78 is 0. The van der Waals surface area contributed by atoms with E-state index < -0.39 is 0 Å². The van der Waals surface area contributed by atoms with Crippen LogP contribution in [0.15, 0.2) is 42.0 Å². The molecule has 0 radical (unpaired) electrons. The van der Waals surface area contributed by atoms with Gasteiger partial charge in [-0.25, -0.2) is 0 Å². The molecule has 2 fully saturated rings. The Hall–Kier alpha value is -1.37. The van der Waals surface area contributed by atoms with Gasteiger partial charge in [0.1, 0.15) is 0 Å². The predicted molar refractivity (Wildman–Crippen MR) is 82.5 cm³/mol. The summed E-state index contributed by atoms with van der Waals surface area (Å²) in [5, 5.41) is 0. The molecule has 1 heteroatoms. The average Bonchev–Trinajstić information content (AvgIpc) is 2.74. The number of rotatable bonds is 3. The third-order valence-corrected chi connectivity index (χ3v) is 6.01. The SMILES string of the molecule is CC1(C)[C@@H]2CC[C@]1(C)C(=O)C2=CCCc1ccccc1. The fourth-order valence-corrected chi connectivity index (χ4v) is 4.20. The number of Topliss-reactive ketones (excluding diaryl/α,β-unsaturated/α-hetero) is 1. The Labute approximate surface area is 122 Å². The van der Waals surface area contributed by atoms with Gasteiger partial charge >= 0.3 is 0 Å². The van der Waals surface area contributed by atoms with Crippen molar-refractivity contribution in [3.63, 3.8) is 0 Å². The molecule has 2 bridgehead atoms. The average molecular weight is 268 g/mol. The number of carbonyl (C=O) groups is 1. The first kappa shape index (κ1) is 13.6. The molecule has 0 saturated heterocycles. The molecule has 0 heterocycles. The van der Waals surface area contributed by atoms with Crippen LogP contribution in [0.3, 0.4) is 0 Å². The van der Waals surface area contributed by atoms with Gasteiger partial charge in [-0.05, 0) is 48.2 Å². The van der Waals surface area contributed by atoms with Gasteiger partial charge < -0.3 is 0 Å². The molecule has 20 heavy (non-hydrogen) atoms. The Morgan fingerprint density at radius 2 is 1.90 bits per heavy atom. The number of ketones is 1. The number of hydrogen-bond acceptors (Lipinski definition) is 1.